The van der Waals surface area contributed by atoms with Gasteiger partial charge in [0.05, 0.1) is 0 Å². The Labute approximate surface area is 201 Å². The molecule has 2 aromatic carbocycles. The summed E-state index contributed by atoms with van der Waals surface area (Å²) < 4.78 is 7.11. The molecule has 1 aromatic heterocycles. The van der Waals surface area contributed by atoms with Crippen LogP contribution in [0.15, 0.2) is 78.9 Å². The van der Waals surface area contributed by atoms with Crippen molar-refractivity contribution in [3.8, 4) is 0 Å². The molecule has 1 aliphatic heterocycles. The van der Waals surface area contributed by atoms with Gasteiger partial charge in [-0.05, 0) is 59.6 Å². The maximum Gasteiger partial charge on any atom is 0.261 e. The van der Waals surface area contributed by atoms with Gasteiger partial charge < -0.3 is 9.33 Å². The van der Waals surface area contributed by atoms with Gasteiger partial charge in [-0.25, -0.2) is 4.98 Å². The number of pyridine rings is 1. The second-order valence-corrected chi connectivity index (χ2v) is 14.7. The smallest absolute Gasteiger partial charge is 0.261 e. The van der Waals surface area contributed by atoms with E-state index >= 15 is 0 Å². The fourth-order valence-electron chi connectivity index (χ4n) is 5.30. The van der Waals surface area contributed by atoms with Crippen molar-refractivity contribution in [3.63, 3.8) is 0 Å². The van der Waals surface area contributed by atoms with Crippen molar-refractivity contribution in [1.29, 1.82) is 0 Å². The number of hydrogen-bond donors (Lipinski definition) is 0. The van der Waals surface area contributed by atoms with Crippen LogP contribution in [0, 0.1) is 12.8 Å². The molecule has 0 spiro atoms. The Morgan fingerprint density at radius 1 is 0.848 bits per heavy atom. The van der Waals surface area contributed by atoms with Gasteiger partial charge >= 0.3 is 0 Å². The molecule has 3 aromatic rings. The number of nitrogens with zero attached hydrogens (tertiary/aromatic N) is 2. The van der Waals surface area contributed by atoms with E-state index in [0.717, 1.165) is 37.6 Å². The van der Waals surface area contributed by atoms with E-state index in [2.05, 4.69) is 111 Å². The van der Waals surface area contributed by atoms with E-state index in [1.807, 2.05) is 0 Å². The van der Waals surface area contributed by atoms with Crippen LogP contribution < -0.4 is 15.3 Å². The van der Waals surface area contributed by atoms with Crippen LogP contribution in [0.2, 0.25) is 5.04 Å². The first kappa shape index (κ1) is 23.7. The Hall–Kier alpha value is -2.43. The summed E-state index contributed by atoms with van der Waals surface area (Å²) in [6.45, 7) is 12.1. The van der Waals surface area contributed by atoms with Gasteiger partial charge in [0.1, 0.15) is 5.82 Å². The summed E-state index contributed by atoms with van der Waals surface area (Å²) in [5, 5.41) is 2.77. The lowest BCUT2D eigenvalue weighted by molar-refractivity contribution is 0.246. The van der Waals surface area contributed by atoms with E-state index in [0.29, 0.717) is 5.92 Å². The number of aryl methyl sites for hydroxylation is 1. The second-order valence-electron chi connectivity index (χ2n) is 10.4. The summed E-state index contributed by atoms with van der Waals surface area (Å²) in [4.78, 5) is 7.15. The molecular weight excluding hydrogens is 420 g/mol. The van der Waals surface area contributed by atoms with E-state index in [1.165, 1.54) is 23.2 Å². The molecule has 4 heteroatoms. The van der Waals surface area contributed by atoms with E-state index < -0.39 is 8.32 Å². The average molecular weight is 459 g/mol. The lowest BCUT2D eigenvalue weighted by atomic mass is 9.94. The number of rotatable bonds is 7. The number of anilines is 1. The van der Waals surface area contributed by atoms with Crippen LogP contribution in [0.25, 0.3) is 0 Å². The highest BCUT2D eigenvalue weighted by Gasteiger charge is 2.50. The number of benzene rings is 2. The minimum absolute atomic E-state index is 0.0376. The predicted molar refractivity (Wildman–Crippen MR) is 142 cm³/mol. The normalized spacial score (nSPS) is 15.6. The first-order valence-electron chi connectivity index (χ1n) is 12.3. The molecule has 0 atom stereocenters. The zero-order chi connectivity index (χ0) is 23.3. The van der Waals surface area contributed by atoms with E-state index in [-0.39, 0.29) is 5.04 Å². The SMILES string of the molecule is Cc1cccc(N2CCC(CCO[Si](c3ccccc3)(c3ccccc3)C(C)(C)C)CC2)n1. The van der Waals surface area contributed by atoms with Crippen molar-refractivity contribution < 1.29 is 4.43 Å². The van der Waals surface area contributed by atoms with Crippen molar-refractivity contribution in [2.24, 2.45) is 5.92 Å². The molecule has 0 N–H and O–H groups in total. The Bertz CT molecular complexity index is 969. The Morgan fingerprint density at radius 2 is 1.42 bits per heavy atom. The third-order valence-corrected chi connectivity index (χ3v) is 12.1. The number of piperidine rings is 1. The first-order chi connectivity index (χ1) is 15.9. The number of aromatic nitrogens is 1. The Morgan fingerprint density at radius 3 is 1.94 bits per heavy atom. The third kappa shape index (κ3) is 5.23. The van der Waals surface area contributed by atoms with Crippen LogP contribution in [0.3, 0.4) is 0 Å². The second kappa shape index (κ2) is 10.2. The zero-order valence-electron chi connectivity index (χ0n) is 20.6. The largest absolute Gasteiger partial charge is 0.407 e. The molecule has 1 fully saturated rings. The molecule has 1 aliphatic rings. The molecule has 0 unspecified atom stereocenters. The highest BCUT2D eigenvalue weighted by Crippen LogP contribution is 2.37. The van der Waals surface area contributed by atoms with E-state index in [1.54, 1.807) is 0 Å². The van der Waals surface area contributed by atoms with Crippen molar-refractivity contribution >= 4 is 24.5 Å². The first-order valence-corrected chi connectivity index (χ1v) is 14.2. The van der Waals surface area contributed by atoms with Crippen LogP contribution in [-0.2, 0) is 4.43 Å². The van der Waals surface area contributed by atoms with Crippen LogP contribution in [0.1, 0.15) is 45.7 Å². The van der Waals surface area contributed by atoms with Crippen molar-refractivity contribution in [2.45, 2.75) is 52.0 Å². The summed E-state index contributed by atoms with van der Waals surface area (Å²) in [7, 11) is -2.43. The minimum atomic E-state index is -2.43. The topological polar surface area (TPSA) is 25.4 Å². The quantitative estimate of drug-likeness (QED) is 0.433. The summed E-state index contributed by atoms with van der Waals surface area (Å²) >= 11 is 0. The lowest BCUT2D eigenvalue weighted by Crippen LogP contribution is -2.66. The molecule has 0 saturated carbocycles. The molecule has 3 nitrogen and oxygen atoms in total. The van der Waals surface area contributed by atoms with Crippen LogP contribution in [0.5, 0.6) is 0 Å². The summed E-state index contributed by atoms with van der Waals surface area (Å²) in [6, 6.07) is 28.3. The highest BCUT2D eigenvalue weighted by molar-refractivity contribution is 6.99. The van der Waals surface area contributed by atoms with Crippen molar-refractivity contribution in [1.82, 2.24) is 4.98 Å². The maximum atomic E-state index is 7.11. The molecule has 33 heavy (non-hydrogen) atoms. The van der Waals surface area contributed by atoms with Gasteiger partial charge in [0, 0.05) is 25.4 Å². The molecule has 0 bridgehead atoms. The predicted octanol–water partition coefficient (Wildman–Crippen LogP) is 5.57. The van der Waals surface area contributed by atoms with Crippen LogP contribution in [-0.4, -0.2) is 33.0 Å². The van der Waals surface area contributed by atoms with Gasteiger partial charge in [-0.2, -0.15) is 0 Å². The Balaban J connectivity index is 1.46. The van der Waals surface area contributed by atoms with Gasteiger partial charge in [-0.1, -0.05) is 87.5 Å². The third-order valence-electron chi connectivity index (χ3n) is 7.07. The van der Waals surface area contributed by atoms with Crippen LogP contribution in [0.4, 0.5) is 5.82 Å². The fraction of sp³-hybridized carbons (Fsp3) is 0.414. The molecular formula is C29H38N2OSi. The van der Waals surface area contributed by atoms with Gasteiger partial charge in [-0.3, -0.25) is 0 Å². The van der Waals surface area contributed by atoms with E-state index in [4.69, 9.17) is 9.41 Å². The summed E-state index contributed by atoms with van der Waals surface area (Å²) in [5.41, 5.74) is 1.09. The minimum Gasteiger partial charge on any atom is -0.407 e. The monoisotopic (exact) mass is 458 g/mol. The zero-order valence-corrected chi connectivity index (χ0v) is 21.6. The van der Waals surface area contributed by atoms with Crippen molar-refractivity contribution in [2.75, 3.05) is 24.6 Å². The molecule has 0 radical (unpaired) electrons. The van der Waals surface area contributed by atoms with Gasteiger partial charge in [-0.15, -0.1) is 0 Å². The van der Waals surface area contributed by atoms with Gasteiger partial charge in [0.2, 0.25) is 0 Å². The molecule has 174 valence electrons. The molecule has 4 rings (SSSR count). The van der Waals surface area contributed by atoms with Crippen molar-refractivity contribution in [3.05, 3.63) is 84.6 Å². The number of hydrogen-bond acceptors (Lipinski definition) is 3. The fourth-order valence-corrected chi connectivity index (χ4v) is 9.88. The lowest BCUT2D eigenvalue weighted by Gasteiger charge is -2.43. The summed E-state index contributed by atoms with van der Waals surface area (Å²) in [5.74, 6) is 1.83. The van der Waals surface area contributed by atoms with Crippen LogP contribution >= 0.6 is 0 Å². The standard InChI is InChI=1S/C29H38N2OSi/c1-24-12-11-17-28(30-24)31-21-18-25(19-22-31)20-23-32-33(29(2,3)4,26-13-7-5-8-14-26)27-15-9-6-10-16-27/h5-17,25H,18-23H2,1-4H3. The Kier molecular flexibility index (Phi) is 7.35. The maximum absolute atomic E-state index is 7.11. The van der Waals surface area contributed by atoms with Gasteiger partial charge in [0.15, 0.2) is 0 Å². The van der Waals surface area contributed by atoms with Gasteiger partial charge in [0.25, 0.3) is 8.32 Å². The molecule has 0 amide bonds. The van der Waals surface area contributed by atoms with E-state index in [9.17, 15) is 0 Å². The highest BCUT2D eigenvalue weighted by atomic mass is 28.4. The summed E-state index contributed by atoms with van der Waals surface area (Å²) in [6.07, 6.45) is 3.54. The molecule has 2 heterocycles. The average Bonchev–Trinajstić information content (AvgIpc) is 2.83. The molecule has 1 saturated heterocycles. The molecule has 0 aliphatic carbocycles.